The third-order valence-electron chi connectivity index (χ3n) is 4.50. The van der Waals surface area contributed by atoms with E-state index in [1.807, 2.05) is 32.0 Å². The molecule has 0 spiro atoms. The van der Waals surface area contributed by atoms with E-state index in [0.717, 1.165) is 35.6 Å². The molecule has 3 rings (SSSR count). The molecular formula is C21H26ClNO4. The minimum absolute atomic E-state index is 0. The van der Waals surface area contributed by atoms with Gasteiger partial charge < -0.3 is 19.5 Å². The van der Waals surface area contributed by atoms with Gasteiger partial charge in [0.1, 0.15) is 0 Å². The standard InChI is InChI=1S/C21H25NO4.ClH/c1-4-25-18-12-14-9-10-22-20(17(14)13-19(18)26-5-2)15-7-6-8-16(11-15)21(23)24-3;/h6-8,11-13,20,22H,4-5,9-10H2,1-3H3;1H. The van der Waals surface area contributed by atoms with Crippen LogP contribution in [-0.4, -0.2) is 32.8 Å². The maximum absolute atomic E-state index is 11.9. The zero-order valence-electron chi connectivity index (χ0n) is 15.9. The molecule has 0 amide bonds. The molecule has 0 radical (unpaired) electrons. The molecule has 0 bridgehead atoms. The zero-order valence-corrected chi connectivity index (χ0v) is 16.7. The highest BCUT2D eigenvalue weighted by molar-refractivity contribution is 5.89. The molecule has 5 nitrogen and oxygen atoms in total. The molecule has 6 heteroatoms. The maximum Gasteiger partial charge on any atom is 0.337 e. The number of methoxy groups -OCH3 is 1. The van der Waals surface area contributed by atoms with Gasteiger partial charge in [-0.05, 0) is 61.2 Å². The van der Waals surface area contributed by atoms with E-state index in [4.69, 9.17) is 14.2 Å². The molecule has 2 aromatic rings. The average molecular weight is 392 g/mol. The van der Waals surface area contributed by atoms with Gasteiger partial charge in [0.2, 0.25) is 0 Å². The van der Waals surface area contributed by atoms with Crippen LogP contribution in [0.1, 0.15) is 46.9 Å². The lowest BCUT2D eigenvalue weighted by molar-refractivity contribution is 0.0600. The number of esters is 1. The van der Waals surface area contributed by atoms with Crippen molar-refractivity contribution in [1.82, 2.24) is 5.32 Å². The molecule has 0 saturated carbocycles. The SMILES string of the molecule is CCOc1cc2c(cc1OCC)C(c1cccc(C(=O)OC)c1)NCC2.Cl. The van der Waals surface area contributed by atoms with Gasteiger partial charge in [-0.3, -0.25) is 0 Å². The van der Waals surface area contributed by atoms with Crippen molar-refractivity contribution in [3.8, 4) is 11.5 Å². The first-order valence-corrected chi connectivity index (χ1v) is 9.02. The summed E-state index contributed by atoms with van der Waals surface area (Å²) < 4.78 is 16.4. The fraction of sp³-hybridized carbons (Fsp3) is 0.381. The summed E-state index contributed by atoms with van der Waals surface area (Å²) in [4.78, 5) is 11.9. The van der Waals surface area contributed by atoms with Crippen LogP contribution in [0.3, 0.4) is 0 Å². The first-order chi connectivity index (χ1) is 12.7. The number of carbonyl (C=O) groups is 1. The van der Waals surface area contributed by atoms with Crippen LogP contribution in [0.25, 0.3) is 0 Å². The molecule has 2 aromatic carbocycles. The molecule has 0 aliphatic carbocycles. The van der Waals surface area contributed by atoms with E-state index in [1.54, 1.807) is 6.07 Å². The third kappa shape index (κ3) is 4.54. The molecule has 1 atom stereocenters. The number of fused-ring (bicyclic) bond motifs is 1. The summed E-state index contributed by atoms with van der Waals surface area (Å²) in [6.07, 6.45) is 0.926. The van der Waals surface area contributed by atoms with Gasteiger partial charge in [-0.2, -0.15) is 0 Å². The molecule has 0 aromatic heterocycles. The van der Waals surface area contributed by atoms with E-state index >= 15 is 0 Å². The fourth-order valence-electron chi connectivity index (χ4n) is 3.36. The van der Waals surface area contributed by atoms with Gasteiger partial charge in [0, 0.05) is 6.54 Å². The molecule has 27 heavy (non-hydrogen) atoms. The van der Waals surface area contributed by atoms with Crippen LogP contribution in [0, 0.1) is 0 Å². The lowest BCUT2D eigenvalue weighted by atomic mass is 9.89. The molecule has 1 unspecified atom stereocenters. The van der Waals surface area contributed by atoms with Gasteiger partial charge in [0.25, 0.3) is 0 Å². The van der Waals surface area contributed by atoms with E-state index in [0.29, 0.717) is 18.8 Å². The summed E-state index contributed by atoms with van der Waals surface area (Å²) in [7, 11) is 1.40. The second-order valence-electron chi connectivity index (χ2n) is 6.12. The Balaban J connectivity index is 0.00000261. The van der Waals surface area contributed by atoms with Gasteiger partial charge >= 0.3 is 5.97 Å². The van der Waals surface area contributed by atoms with Crippen molar-refractivity contribution in [2.45, 2.75) is 26.3 Å². The van der Waals surface area contributed by atoms with Gasteiger partial charge in [0.05, 0.1) is 31.9 Å². The van der Waals surface area contributed by atoms with Gasteiger partial charge in [-0.25, -0.2) is 4.79 Å². The minimum atomic E-state index is -0.329. The maximum atomic E-state index is 11.9. The number of hydrogen-bond donors (Lipinski definition) is 1. The summed E-state index contributed by atoms with van der Waals surface area (Å²) in [5, 5.41) is 3.55. The number of hydrogen-bond acceptors (Lipinski definition) is 5. The van der Waals surface area contributed by atoms with Crippen LogP contribution in [0.5, 0.6) is 11.5 Å². The Labute approximate surface area is 166 Å². The monoisotopic (exact) mass is 391 g/mol. The molecule has 1 N–H and O–H groups in total. The van der Waals surface area contributed by atoms with E-state index in [2.05, 4.69) is 17.4 Å². The predicted molar refractivity (Wildman–Crippen MR) is 107 cm³/mol. The lowest BCUT2D eigenvalue weighted by Gasteiger charge is -2.29. The summed E-state index contributed by atoms with van der Waals surface area (Å²) in [6, 6.07) is 11.7. The Morgan fingerprint density at radius 2 is 1.81 bits per heavy atom. The molecular weight excluding hydrogens is 366 g/mol. The third-order valence-corrected chi connectivity index (χ3v) is 4.50. The van der Waals surface area contributed by atoms with Crippen molar-refractivity contribution in [3.05, 3.63) is 58.7 Å². The lowest BCUT2D eigenvalue weighted by Crippen LogP contribution is -2.30. The second-order valence-corrected chi connectivity index (χ2v) is 6.12. The molecule has 1 aliphatic rings. The van der Waals surface area contributed by atoms with Crippen molar-refractivity contribution in [3.63, 3.8) is 0 Å². The van der Waals surface area contributed by atoms with Crippen LogP contribution < -0.4 is 14.8 Å². The first kappa shape index (κ1) is 21.1. The predicted octanol–water partition coefficient (Wildman–Crippen LogP) is 3.93. The number of benzene rings is 2. The quantitative estimate of drug-likeness (QED) is 0.756. The molecule has 1 heterocycles. The highest BCUT2D eigenvalue weighted by Crippen LogP contribution is 2.38. The Morgan fingerprint density at radius 3 is 2.48 bits per heavy atom. The number of carbonyl (C=O) groups excluding carboxylic acids is 1. The van der Waals surface area contributed by atoms with Gasteiger partial charge in [-0.15, -0.1) is 12.4 Å². The van der Waals surface area contributed by atoms with Crippen LogP contribution in [0.4, 0.5) is 0 Å². The largest absolute Gasteiger partial charge is 0.490 e. The Morgan fingerprint density at radius 1 is 1.11 bits per heavy atom. The smallest absolute Gasteiger partial charge is 0.337 e. The Hall–Kier alpha value is -2.24. The number of nitrogens with one attached hydrogen (secondary N) is 1. The zero-order chi connectivity index (χ0) is 18.5. The van der Waals surface area contributed by atoms with E-state index < -0.39 is 0 Å². The van der Waals surface area contributed by atoms with Gasteiger partial charge in [0.15, 0.2) is 11.5 Å². The van der Waals surface area contributed by atoms with E-state index in [1.165, 1.54) is 12.7 Å². The molecule has 146 valence electrons. The summed E-state index contributed by atoms with van der Waals surface area (Å²) >= 11 is 0. The average Bonchev–Trinajstić information content (AvgIpc) is 2.68. The molecule has 1 aliphatic heterocycles. The molecule has 0 fully saturated rings. The van der Waals surface area contributed by atoms with Crippen molar-refractivity contribution in [2.24, 2.45) is 0 Å². The van der Waals surface area contributed by atoms with Crippen LogP contribution in [-0.2, 0) is 11.2 Å². The van der Waals surface area contributed by atoms with Crippen LogP contribution >= 0.6 is 12.4 Å². The van der Waals surface area contributed by atoms with Crippen LogP contribution in [0.2, 0.25) is 0 Å². The van der Waals surface area contributed by atoms with E-state index in [9.17, 15) is 4.79 Å². The summed E-state index contributed by atoms with van der Waals surface area (Å²) in [5.41, 5.74) is 3.98. The fourth-order valence-corrected chi connectivity index (χ4v) is 3.36. The first-order valence-electron chi connectivity index (χ1n) is 9.02. The summed E-state index contributed by atoms with van der Waals surface area (Å²) in [6.45, 7) is 5.97. The Kier molecular flexibility index (Phi) is 7.51. The van der Waals surface area contributed by atoms with Gasteiger partial charge in [-0.1, -0.05) is 12.1 Å². The highest BCUT2D eigenvalue weighted by atomic mass is 35.5. The summed E-state index contributed by atoms with van der Waals surface area (Å²) in [5.74, 6) is 1.22. The second kappa shape index (κ2) is 9.62. The van der Waals surface area contributed by atoms with Crippen molar-refractivity contribution in [2.75, 3.05) is 26.9 Å². The van der Waals surface area contributed by atoms with Crippen molar-refractivity contribution in [1.29, 1.82) is 0 Å². The number of rotatable bonds is 6. The highest BCUT2D eigenvalue weighted by Gasteiger charge is 2.24. The van der Waals surface area contributed by atoms with Crippen molar-refractivity contribution >= 4 is 18.4 Å². The number of ether oxygens (including phenoxy) is 3. The molecule has 0 saturated heterocycles. The topological polar surface area (TPSA) is 56.8 Å². The van der Waals surface area contributed by atoms with Crippen molar-refractivity contribution < 1.29 is 19.0 Å². The normalized spacial score (nSPS) is 15.3. The van der Waals surface area contributed by atoms with E-state index in [-0.39, 0.29) is 24.4 Å². The number of halogens is 1. The minimum Gasteiger partial charge on any atom is -0.490 e. The van der Waals surface area contributed by atoms with Crippen LogP contribution in [0.15, 0.2) is 36.4 Å². The Bertz CT molecular complexity index is 794.